The van der Waals surface area contributed by atoms with Crippen molar-refractivity contribution < 1.29 is 4.74 Å². The SMILES string of the molecule is CC(C)(C)NCc1cn(CCC2CCCO2)nn1. The van der Waals surface area contributed by atoms with Crippen LogP contribution in [-0.2, 0) is 17.8 Å². The first kappa shape index (κ1) is 13.5. The average molecular weight is 252 g/mol. The van der Waals surface area contributed by atoms with Gasteiger partial charge in [0, 0.05) is 31.4 Å². The highest BCUT2D eigenvalue weighted by Crippen LogP contribution is 2.15. The molecule has 1 aromatic heterocycles. The normalized spacial score (nSPS) is 20.5. The van der Waals surface area contributed by atoms with Crippen LogP contribution in [0.3, 0.4) is 0 Å². The number of hydrogen-bond donors (Lipinski definition) is 1. The molecular weight excluding hydrogens is 228 g/mol. The van der Waals surface area contributed by atoms with Gasteiger partial charge in [0.15, 0.2) is 0 Å². The van der Waals surface area contributed by atoms with Crippen LogP contribution in [0.2, 0.25) is 0 Å². The van der Waals surface area contributed by atoms with Gasteiger partial charge in [0.25, 0.3) is 0 Å². The van der Waals surface area contributed by atoms with Crippen molar-refractivity contribution in [1.29, 1.82) is 0 Å². The fraction of sp³-hybridized carbons (Fsp3) is 0.846. The minimum absolute atomic E-state index is 0.113. The molecule has 0 spiro atoms. The van der Waals surface area contributed by atoms with Crippen LogP contribution < -0.4 is 5.32 Å². The summed E-state index contributed by atoms with van der Waals surface area (Å²) in [6.07, 6.45) is 5.87. The summed E-state index contributed by atoms with van der Waals surface area (Å²) < 4.78 is 7.52. The van der Waals surface area contributed by atoms with E-state index in [-0.39, 0.29) is 5.54 Å². The summed E-state index contributed by atoms with van der Waals surface area (Å²) in [6, 6.07) is 0. The van der Waals surface area contributed by atoms with Crippen molar-refractivity contribution >= 4 is 0 Å². The molecule has 18 heavy (non-hydrogen) atoms. The van der Waals surface area contributed by atoms with Crippen molar-refractivity contribution in [3.63, 3.8) is 0 Å². The lowest BCUT2D eigenvalue weighted by atomic mass is 10.1. The molecule has 1 unspecified atom stereocenters. The molecule has 5 nitrogen and oxygen atoms in total. The molecule has 0 saturated carbocycles. The molecule has 2 rings (SSSR count). The smallest absolute Gasteiger partial charge is 0.0965 e. The van der Waals surface area contributed by atoms with Gasteiger partial charge in [-0.25, -0.2) is 0 Å². The molecule has 0 aromatic carbocycles. The summed E-state index contributed by atoms with van der Waals surface area (Å²) in [6.45, 7) is 9.03. The Balaban J connectivity index is 1.75. The summed E-state index contributed by atoms with van der Waals surface area (Å²) in [7, 11) is 0. The summed E-state index contributed by atoms with van der Waals surface area (Å²) in [5.41, 5.74) is 1.11. The van der Waals surface area contributed by atoms with E-state index in [1.54, 1.807) is 0 Å². The Kier molecular flexibility index (Phi) is 4.35. The number of nitrogens with one attached hydrogen (secondary N) is 1. The van der Waals surface area contributed by atoms with Crippen LogP contribution in [0.25, 0.3) is 0 Å². The lowest BCUT2D eigenvalue weighted by Gasteiger charge is -2.19. The molecule has 5 heteroatoms. The number of hydrogen-bond acceptors (Lipinski definition) is 4. The first-order valence-electron chi connectivity index (χ1n) is 6.78. The maximum atomic E-state index is 5.60. The van der Waals surface area contributed by atoms with Crippen LogP contribution in [0.5, 0.6) is 0 Å². The van der Waals surface area contributed by atoms with Crippen LogP contribution in [0, 0.1) is 0 Å². The molecule has 0 aliphatic carbocycles. The second kappa shape index (κ2) is 5.80. The molecule has 102 valence electrons. The zero-order valence-corrected chi connectivity index (χ0v) is 11.6. The molecule has 0 radical (unpaired) electrons. The molecule has 1 atom stereocenters. The molecule has 0 amide bonds. The number of rotatable bonds is 5. The van der Waals surface area contributed by atoms with E-state index in [4.69, 9.17) is 4.74 Å². The van der Waals surface area contributed by atoms with Crippen LogP contribution in [-0.4, -0.2) is 33.2 Å². The summed E-state index contributed by atoms with van der Waals surface area (Å²) in [5, 5.41) is 11.7. The number of aryl methyl sites for hydroxylation is 1. The minimum Gasteiger partial charge on any atom is -0.378 e. The fourth-order valence-corrected chi connectivity index (χ4v) is 2.03. The molecule has 1 aliphatic heterocycles. The van der Waals surface area contributed by atoms with Crippen molar-refractivity contribution in [1.82, 2.24) is 20.3 Å². The third-order valence-corrected chi connectivity index (χ3v) is 3.09. The first-order valence-corrected chi connectivity index (χ1v) is 6.78. The maximum absolute atomic E-state index is 5.60. The van der Waals surface area contributed by atoms with Crippen LogP contribution in [0.4, 0.5) is 0 Å². The third kappa shape index (κ3) is 4.38. The molecular formula is C13H24N4O. The van der Waals surface area contributed by atoms with E-state index < -0.39 is 0 Å². The largest absolute Gasteiger partial charge is 0.378 e. The van der Waals surface area contributed by atoms with E-state index in [0.29, 0.717) is 6.10 Å². The van der Waals surface area contributed by atoms with Gasteiger partial charge < -0.3 is 10.1 Å². The highest BCUT2D eigenvalue weighted by Gasteiger charge is 2.15. The second-order valence-electron chi connectivity index (χ2n) is 6.00. The van der Waals surface area contributed by atoms with Gasteiger partial charge in [-0.05, 0) is 40.0 Å². The van der Waals surface area contributed by atoms with Gasteiger partial charge in [0.2, 0.25) is 0 Å². The van der Waals surface area contributed by atoms with Crippen LogP contribution >= 0.6 is 0 Å². The van der Waals surface area contributed by atoms with Crippen LogP contribution in [0.1, 0.15) is 45.7 Å². The van der Waals surface area contributed by atoms with Gasteiger partial charge in [0.05, 0.1) is 11.8 Å². The quantitative estimate of drug-likeness (QED) is 0.867. The van der Waals surface area contributed by atoms with E-state index in [9.17, 15) is 0 Å². The van der Waals surface area contributed by atoms with Crippen molar-refractivity contribution in [3.8, 4) is 0 Å². The lowest BCUT2D eigenvalue weighted by molar-refractivity contribution is 0.0993. The van der Waals surface area contributed by atoms with E-state index >= 15 is 0 Å². The van der Waals surface area contributed by atoms with Crippen molar-refractivity contribution in [2.45, 2.75) is 64.8 Å². The second-order valence-corrected chi connectivity index (χ2v) is 6.00. The third-order valence-electron chi connectivity index (χ3n) is 3.09. The van der Waals surface area contributed by atoms with E-state index in [1.165, 1.54) is 12.8 Å². The monoisotopic (exact) mass is 252 g/mol. The Bertz CT molecular complexity index is 363. The van der Waals surface area contributed by atoms with Gasteiger partial charge in [-0.1, -0.05) is 5.21 Å². The van der Waals surface area contributed by atoms with Gasteiger partial charge in [-0.2, -0.15) is 0 Å². The Labute approximate surface area is 109 Å². The average Bonchev–Trinajstić information content (AvgIpc) is 2.94. The number of nitrogens with zero attached hydrogens (tertiary/aromatic N) is 3. The van der Waals surface area contributed by atoms with E-state index in [1.807, 2.05) is 10.9 Å². The summed E-state index contributed by atoms with van der Waals surface area (Å²) in [5.74, 6) is 0. The summed E-state index contributed by atoms with van der Waals surface area (Å²) in [4.78, 5) is 0. The fourth-order valence-electron chi connectivity index (χ4n) is 2.03. The predicted octanol–water partition coefficient (Wildman–Crippen LogP) is 1.74. The van der Waals surface area contributed by atoms with Gasteiger partial charge in [-0.15, -0.1) is 5.10 Å². The topological polar surface area (TPSA) is 52.0 Å². The Morgan fingerprint density at radius 1 is 1.50 bits per heavy atom. The van der Waals surface area contributed by atoms with Gasteiger partial charge >= 0.3 is 0 Å². The molecule has 1 N–H and O–H groups in total. The highest BCUT2D eigenvalue weighted by atomic mass is 16.5. The zero-order valence-electron chi connectivity index (χ0n) is 11.6. The van der Waals surface area contributed by atoms with Crippen molar-refractivity contribution in [3.05, 3.63) is 11.9 Å². The highest BCUT2D eigenvalue weighted by molar-refractivity contribution is 4.93. The molecule has 1 saturated heterocycles. The van der Waals surface area contributed by atoms with Crippen LogP contribution in [0.15, 0.2) is 6.20 Å². The molecule has 2 heterocycles. The minimum atomic E-state index is 0.113. The molecule has 1 fully saturated rings. The van der Waals surface area contributed by atoms with Gasteiger partial charge in [-0.3, -0.25) is 4.68 Å². The Morgan fingerprint density at radius 2 is 2.33 bits per heavy atom. The first-order chi connectivity index (χ1) is 8.53. The predicted molar refractivity (Wildman–Crippen MR) is 70.2 cm³/mol. The number of ether oxygens (including phenoxy) is 1. The van der Waals surface area contributed by atoms with Crippen molar-refractivity contribution in [2.75, 3.05) is 6.61 Å². The van der Waals surface area contributed by atoms with Crippen molar-refractivity contribution in [2.24, 2.45) is 0 Å². The molecule has 1 aliphatic rings. The Morgan fingerprint density at radius 3 is 3.00 bits per heavy atom. The standard InChI is InChI=1S/C13H24N4O/c1-13(2,3)14-9-11-10-17(16-15-11)7-6-12-5-4-8-18-12/h10,12,14H,4-9H2,1-3H3. The van der Waals surface area contributed by atoms with E-state index in [0.717, 1.165) is 31.8 Å². The summed E-state index contributed by atoms with van der Waals surface area (Å²) >= 11 is 0. The Hall–Kier alpha value is -0.940. The molecule has 0 bridgehead atoms. The van der Waals surface area contributed by atoms with E-state index in [2.05, 4.69) is 36.4 Å². The lowest BCUT2D eigenvalue weighted by Crippen LogP contribution is -2.35. The molecule has 1 aromatic rings. The maximum Gasteiger partial charge on any atom is 0.0965 e. The number of aromatic nitrogens is 3. The zero-order chi connectivity index (χ0) is 13.0. The van der Waals surface area contributed by atoms with Gasteiger partial charge in [0.1, 0.15) is 0 Å².